The Hall–Kier alpha value is -1.16. The summed E-state index contributed by atoms with van der Waals surface area (Å²) in [6.45, 7) is 8.54. The molecular formula is C19H30N2O. The Morgan fingerprint density at radius 2 is 2.18 bits per heavy atom. The van der Waals surface area contributed by atoms with Crippen molar-refractivity contribution in [3.63, 3.8) is 0 Å². The van der Waals surface area contributed by atoms with E-state index in [0.717, 1.165) is 19.7 Å². The Morgan fingerprint density at radius 1 is 1.41 bits per heavy atom. The molecule has 1 aliphatic heterocycles. The fraction of sp³-hybridized carbons (Fsp3) is 0.579. The van der Waals surface area contributed by atoms with Gasteiger partial charge in [0, 0.05) is 32.3 Å². The lowest BCUT2D eigenvalue weighted by Gasteiger charge is -2.30. The first-order valence-electron chi connectivity index (χ1n) is 8.38. The molecule has 0 amide bonds. The van der Waals surface area contributed by atoms with E-state index in [-0.39, 0.29) is 0 Å². The van der Waals surface area contributed by atoms with Crippen molar-refractivity contribution >= 4 is 6.08 Å². The van der Waals surface area contributed by atoms with Gasteiger partial charge in [0.05, 0.1) is 6.61 Å². The molecule has 0 spiro atoms. The van der Waals surface area contributed by atoms with Crippen molar-refractivity contribution < 1.29 is 4.74 Å². The third-order valence-electron chi connectivity index (χ3n) is 4.40. The standard InChI is InChI=1S/C19H30N2O/c1-16(12-18-8-5-4-6-9-18)13-20-14-17(2)21-11-7-10-19(21)15-22-3/h4-6,8-9,12,17,19-20H,7,10-11,13-15H2,1-3H3/t17?,19-/m0/s1. The average Bonchev–Trinajstić information content (AvgIpc) is 2.97. The van der Waals surface area contributed by atoms with E-state index < -0.39 is 0 Å². The van der Waals surface area contributed by atoms with Crippen LogP contribution in [0.15, 0.2) is 35.9 Å². The largest absolute Gasteiger partial charge is 0.383 e. The summed E-state index contributed by atoms with van der Waals surface area (Å²) in [5, 5.41) is 3.59. The number of nitrogens with zero attached hydrogens (tertiary/aromatic N) is 1. The van der Waals surface area contributed by atoms with Crippen LogP contribution < -0.4 is 5.32 Å². The van der Waals surface area contributed by atoms with Crippen LogP contribution in [0.25, 0.3) is 6.08 Å². The van der Waals surface area contributed by atoms with E-state index in [1.807, 2.05) is 0 Å². The van der Waals surface area contributed by atoms with Gasteiger partial charge in [0.15, 0.2) is 0 Å². The first-order chi connectivity index (χ1) is 10.7. The topological polar surface area (TPSA) is 24.5 Å². The predicted molar refractivity (Wildman–Crippen MR) is 94.0 cm³/mol. The third kappa shape index (κ3) is 5.24. The highest BCUT2D eigenvalue weighted by Crippen LogP contribution is 2.20. The minimum absolute atomic E-state index is 0.562. The van der Waals surface area contributed by atoms with Gasteiger partial charge in [0.25, 0.3) is 0 Å². The highest BCUT2D eigenvalue weighted by Gasteiger charge is 2.27. The van der Waals surface area contributed by atoms with Crippen molar-refractivity contribution in [3.8, 4) is 0 Å². The second kappa shape index (κ2) is 9.09. The molecular weight excluding hydrogens is 272 g/mol. The maximum atomic E-state index is 5.34. The van der Waals surface area contributed by atoms with Crippen molar-refractivity contribution in [1.29, 1.82) is 0 Å². The molecule has 3 nitrogen and oxygen atoms in total. The molecule has 0 radical (unpaired) electrons. The van der Waals surface area contributed by atoms with Gasteiger partial charge >= 0.3 is 0 Å². The molecule has 1 aliphatic rings. The number of hydrogen-bond donors (Lipinski definition) is 1. The maximum Gasteiger partial charge on any atom is 0.0618 e. The van der Waals surface area contributed by atoms with Crippen LogP contribution in [0.5, 0.6) is 0 Å². The van der Waals surface area contributed by atoms with Gasteiger partial charge < -0.3 is 10.1 Å². The van der Waals surface area contributed by atoms with E-state index in [1.165, 1.54) is 30.5 Å². The smallest absolute Gasteiger partial charge is 0.0618 e. The summed E-state index contributed by atoms with van der Waals surface area (Å²) < 4.78 is 5.34. The van der Waals surface area contributed by atoms with Crippen LogP contribution in [-0.4, -0.2) is 50.3 Å². The summed E-state index contributed by atoms with van der Waals surface area (Å²) in [6.07, 6.45) is 4.82. The second-order valence-corrected chi connectivity index (χ2v) is 6.37. The first kappa shape index (κ1) is 17.2. The monoisotopic (exact) mass is 302 g/mol. The highest BCUT2D eigenvalue weighted by molar-refractivity contribution is 5.52. The lowest BCUT2D eigenvalue weighted by molar-refractivity contribution is 0.0935. The number of likely N-dealkylation sites (tertiary alicyclic amines) is 1. The van der Waals surface area contributed by atoms with Gasteiger partial charge in [-0.15, -0.1) is 0 Å². The summed E-state index contributed by atoms with van der Waals surface area (Å²) in [6, 6.07) is 11.7. The van der Waals surface area contributed by atoms with Crippen molar-refractivity contribution in [2.24, 2.45) is 0 Å². The highest BCUT2D eigenvalue weighted by atomic mass is 16.5. The molecule has 1 heterocycles. The van der Waals surface area contributed by atoms with Crippen LogP contribution in [0.1, 0.15) is 32.3 Å². The van der Waals surface area contributed by atoms with Crippen molar-refractivity contribution in [3.05, 3.63) is 41.5 Å². The van der Waals surface area contributed by atoms with Gasteiger partial charge in [-0.05, 0) is 38.8 Å². The van der Waals surface area contributed by atoms with Gasteiger partial charge in [-0.2, -0.15) is 0 Å². The molecule has 3 heteroatoms. The minimum atomic E-state index is 0.562. The van der Waals surface area contributed by atoms with Gasteiger partial charge in [-0.25, -0.2) is 0 Å². The van der Waals surface area contributed by atoms with Crippen LogP contribution in [-0.2, 0) is 4.74 Å². The molecule has 0 bridgehead atoms. The number of rotatable bonds is 8. The van der Waals surface area contributed by atoms with E-state index in [4.69, 9.17) is 4.74 Å². The zero-order chi connectivity index (χ0) is 15.8. The zero-order valence-corrected chi connectivity index (χ0v) is 14.2. The Kier molecular flexibility index (Phi) is 7.10. The molecule has 0 saturated carbocycles. The van der Waals surface area contributed by atoms with Gasteiger partial charge in [0.1, 0.15) is 0 Å². The number of nitrogens with one attached hydrogen (secondary N) is 1. The average molecular weight is 302 g/mol. The van der Waals surface area contributed by atoms with Crippen LogP contribution in [0.2, 0.25) is 0 Å². The summed E-state index contributed by atoms with van der Waals surface area (Å²) in [7, 11) is 1.80. The Bertz CT molecular complexity index is 458. The molecule has 22 heavy (non-hydrogen) atoms. The van der Waals surface area contributed by atoms with Crippen molar-refractivity contribution in [2.75, 3.05) is 33.4 Å². The molecule has 0 aliphatic carbocycles. The molecule has 1 fully saturated rings. The number of hydrogen-bond acceptors (Lipinski definition) is 3. The van der Waals surface area contributed by atoms with Crippen LogP contribution >= 0.6 is 0 Å². The molecule has 1 aromatic rings. The van der Waals surface area contributed by atoms with E-state index in [0.29, 0.717) is 12.1 Å². The van der Waals surface area contributed by atoms with Gasteiger partial charge in [0.2, 0.25) is 0 Å². The molecule has 1 saturated heterocycles. The van der Waals surface area contributed by atoms with Crippen LogP contribution in [0.4, 0.5) is 0 Å². The summed E-state index contributed by atoms with van der Waals surface area (Å²) in [5.41, 5.74) is 2.64. The summed E-state index contributed by atoms with van der Waals surface area (Å²) in [5.74, 6) is 0. The molecule has 122 valence electrons. The molecule has 1 N–H and O–H groups in total. The fourth-order valence-corrected chi connectivity index (χ4v) is 3.29. The van der Waals surface area contributed by atoms with Crippen molar-refractivity contribution in [2.45, 2.75) is 38.8 Å². The normalized spacial score (nSPS) is 21.2. The number of benzene rings is 1. The SMILES string of the molecule is COC[C@@H]1CCCN1C(C)CNCC(C)=Cc1ccccc1. The fourth-order valence-electron chi connectivity index (χ4n) is 3.29. The number of methoxy groups -OCH3 is 1. The molecule has 1 aromatic carbocycles. The Balaban J connectivity index is 1.74. The molecule has 1 unspecified atom stereocenters. The molecule has 0 aromatic heterocycles. The van der Waals surface area contributed by atoms with Gasteiger partial charge in [-0.3, -0.25) is 4.90 Å². The van der Waals surface area contributed by atoms with Crippen LogP contribution in [0, 0.1) is 0 Å². The second-order valence-electron chi connectivity index (χ2n) is 6.37. The van der Waals surface area contributed by atoms with E-state index in [9.17, 15) is 0 Å². The quantitative estimate of drug-likeness (QED) is 0.798. The minimum Gasteiger partial charge on any atom is -0.383 e. The van der Waals surface area contributed by atoms with E-state index >= 15 is 0 Å². The van der Waals surface area contributed by atoms with Gasteiger partial charge in [-0.1, -0.05) is 42.0 Å². The Morgan fingerprint density at radius 3 is 2.91 bits per heavy atom. The van der Waals surface area contributed by atoms with Crippen molar-refractivity contribution in [1.82, 2.24) is 10.2 Å². The molecule has 2 atom stereocenters. The zero-order valence-electron chi connectivity index (χ0n) is 14.2. The van der Waals surface area contributed by atoms with Crippen LogP contribution in [0.3, 0.4) is 0 Å². The molecule has 2 rings (SSSR count). The summed E-state index contributed by atoms with van der Waals surface area (Å²) >= 11 is 0. The predicted octanol–water partition coefficient (Wildman–Crippen LogP) is 3.18. The van der Waals surface area contributed by atoms with E-state index in [1.54, 1.807) is 7.11 Å². The first-order valence-corrected chi connectivity index (χ1v) is 8.38. The summed E-state index contributed by atoms with van der Waals surface area (Å²) in [4.78, 5) is 2.59. The maximum absolute atomic E-state index is 5.34. The lowest BCUT2D eigenvalue weighted by Crippen LogP contribution is -2.44. The number of ether oxygens (including phenoxy) is 1. The Labute approximate surface area is 135 Å². The third-order valence-corrected chi connectivity index (χ3v) is 4.40. The lowest BCUT2D eigenvalue weighted by atomic mass is 10.1. The van der Waals surface area contributed by atoms with E-state index in [2.05, 4.69) is 60.5 Å².